The summed E-state index contributed by atoms with van der Waals surface area (Å²) >= 11 is 0. The number of benzene rings is 2. The maximum atomic E-state index is 13.1. The van der Waals surface area contributed by atoms with Crippen LogP contribution in [-0.2, 0) is 16.0 Å². The average Bonchev–Trinajstić information content (AvgIpc) is 3.14. The molecule has 1 aliphatic rings. The lowest BCUT2D eigenvalue weighted by Crippen LogP contribution is -2.46. The van der Waals surface area contributed by atoms with Crippen LogP contribution in [0.15, 0.2) is 60.7 Å². The summed E-state index contributed by atoms with van der Waals surface area (Å²) in [5.41, 5.74) is 5.11. The number of aryl methyl sites for hydroxylation is 2. The molecule has 2 heterocycles. The topological polar surface area (TPSA) is 67.2 Å². The lowest BCUT2D eigenvalue weighted by atomic mass is 10.0. The molecule has 3 aromatic rings. The number of rotatable bonds is 7. The van der Waals surface area contributed by atoms with E-state index in [0.29, 0.717) is 19.5 Å². The Morgan fingerprint density at radius 3 is 2.47 bits per heavy atom. The van der Waals surface area contributed by atoms with Crippen LogP contribution in [0.2, 0.25) is 0 Å². The Morgan fingerprint density at radius 2 is 1.81 bits per heavy atom. The maximum Gasteiger partial charge on any atom is 0.247 e. The zero-order valence-corrected chi connectivity index (χ0v) is 18.8. The standard InChI is InChI=1S/C26H30N4O2/c1-19-18-20(2)30(28-19)23-13-11-21(12-14-23)15-16-27-26(32)25(22-8-4-3-5-9-22)29-17-7-6-10-24(29)31/h3-5,8-9,11-14,18,25H,6-7,10,15-17H2,1-2H3,(H,27,32). The predicted octanol–water partition coefficient (Wildman–Crippen LogP) is 3.90. The van der Waals surface area contributed by atoms with Gasteiger partial charge >= 0.3 is 0 Å². The molecule has 1 aromatic heterocycles. The Morgan fingerprint density at radius 1 is 1.06 bits per heavy atom. The molecule has 0 aliphatic carbocycles. The van der Waals surface area contributed by atoms with Crippen molar-refractivity contribution in [1.82, 2.24) is 20.0 Å². The lowest BCUT2D eigenvalue weighted by Gasteiger charge is -2.34. The zero-order chi connectivity index (χ0) is 22.5. The quantitative estimate of drug-likeness (QED) is 0.618. The van der Waals surface area contributed by atoms with Gasteiger partial charge in [0.2, 0.25) is 11.8 Å². The first kappa shape index (κ1) is 21.8. The molecule has 0 radical (unpaired) electrons. The van der Waals surface area contributed by atoms with Gasteiger partial charge in [-0.05, 0) is 62.4 Å². The molecule has 1 unspecified atom stereocenters. The van der Waals surface area contributed by atoms with Crippen molar-refractivity contribution in [2.24, 2.45) is 0 Å². The number of aromatic nitrogens is 2. The summed E-state index contributed by atoms with van der Waals surface area (Å²) in [6.07, 6.45) is 3.06. The minimum absolute atomic E-state index is 0.0555. The first-order valence-electron chi connectivity index (χ1n) is 11.3. The smallest absolute Gasteiger partial charge is 0.247 e. The lowest BCUT2D eigenvalue weighted by molar-refractivity contribution is -0.142. The molecule has 1 saturated heterocycles. The van der Waals surface area contributed by atoms with Crippen molar-refractivity contribution in [3.63, 3.8) is 0 Å². The number of nitrogens with zero attached hydrogens (tertiary/aromatic N) is 3. The van der Waals surface area contributed by atoms with E-state index in [4.69, 9.17) is 0 Å². The van der Waals surface area contributed by atoms with E-state index in [2.05, 4.69) is 40.7 Å². The Labute approximate surface area is 189 Å². The Kier molecular flexibility index (Phi) is 6.69. The second kappa shape index (κ2) is 9.81. The third-order valence-corrected chi connectivity index (χ3v) is 5.94. The van der Waals surface area contributed by atoms with E-state index in [1.165, 1.54) is 0 Å². The average molecular weight is 431 g/mol. The van der Waals surface area contributed by atoms with Crippen LogP contribution in [0.1, 0.15) is 47.8 Å². The number of likely N-dealkylation sites (tertiary alicyclic amines) is 1. The van der Waals surface area contributed by atoms with E-state index in [1.807, 2.05) is 48.9 Å². The summed E-state index contributed by atoms with van der Waals surface area (Å²) in [6, 6.07) is 19.3. The minimum atomic E-state index is -0.572. The summed E-state index contributed by atoms with van der Waals surface area (Å²) in [5, 5.41) is 7.58. The fraction of sp³-hybridized carbons (Fsp3) is 0.346. The van der Waals surface area contributed by atoms with Crippen LogP contribution in [0.5, 0.6) is 0 Å². The Hall–Kier alpha value is -3.41. The van der Waals surface area contributed by atoms with E-state index >= 15 is 0 Å². The highest BCUT2D eigenvalue weighted by molar-refractivity contribution is 5.89. The van der Waals surface area contributed by atoms with Gasteiger partial charge in [0.1, 0.15) is 6.04 Å². The molecule has 2 amide bonds. The van der Waals surface area contributed by atoms with Crippen molar-refractivity contribution < 1.29 is 9.59 Å². The molecular weight excluding hydrogens is 400 g/mol. The summed E-state index contributed by atoms with van der Waals surface area (Å²) < 4.78 is 1.93. The van der Waals surface area contributed by atoms with Gasteiger partial charge in [0, 0.05) is 25.2 Å². The van der Waals surface area contributed by atoms with Crippen LogP contribution in [0.4, 0.5) is 0 Å². The summed E-state index contributed by atoms with van der Waals surface area (Å²) in [4.78, 5) is 27.4. The molecule has 166 valence electrons. The van der Waals surface area contributed by atoms with E-state index in [9.17, 15) is 9.59 Å². The maximum absolute atomic E-state index is 13.1. The molecule has 4 rings (SSSR count). The zero-order valence-electron chi connectivity index (χ0n) is 18.8. The van der Waals surface area contributed by atoms with Gasteiger partial charge < -0.3 is 10.2 Å². The second-order valence-electron chi connectivity index (χ2n) is 8.40. The van der Waals surface area contributed by atoms with Crippen LogP contribution in [0, 0.1) is 13.8 Å². The second-order valence-corrected chi connectivity index (χ2v) is 8.40. The van der Waals surface area contributed by atoms with Crippen molar-refractivity contribution in [1.29, 1.82) is 0 Å². The molecule has 1 N–H and O–H groups in total. The SMILES string of the molecule is Cc1cc(C)n(-c2ccc(CCNC(=O)C(c3ccccc3)N3CCCCC3=O)cc2)n1. The Bertz CT molecular complexity index is 1070. The molecule has 0 saturated carbocycles. The van der Waals surface area contributed by atoms with Gasteiger partial charge in [0.15, 0.2) is 0 Å². The number of amides is 2. The number of piperidine rings is 1. The van der Waals surface area contributed by atoms with Crippen LogP contribution >= 0.6 is 0 Å². The monoisotopic (exact) mass is 430 g/mol. The largest absolute Gasteiger partial charge is 0.354 e. The molecule has 2 aromatic carbocycles. The van der Waals surface area contributed by atoms with Gasteiger partial charge in [-0.25, -0.2) is 4.68 Å². The highest BCUT2D eigenvalue weighted by atomic mass is 16.2. The van der Waals surface area contributed by atoms with Gasteiger partial charge in [-0.1, -0.05) is 42.5 Å². The minimum Gasteiger partial charge on any atom is -0.354 e. The van der Waals surface area contributed by atoms with E-state index in [0.717, 1.165) is 47.5 Å². The van der Waals surface area contributed by atoms with Gasteiger partial charge in [-0.15, -0.1) is 0 Å². The van der Waals surface area contributed by atoms with Gasteiger partial charge in [0.05, 0.1) is 11.4 Å². The molecule has 1 atom stereocenters. The molecule has 6 nitrogen and oxygen atoms in total. The highest BCUT2D eigenvalue weighted by Gasteiger charge is 2.32. The van der Waals surface area contributed by atoms with Crippen LogP contribution < -0.4 is 5.32 Å². The third kappa shape index (κ3) is 4.90. The van der Waals surface area contributed by atoms with Gasteiger partial charge in [0.25, 0.3) is 0 Å². The fourth-order valence-electron chi connectivity index (χ4n) is 4.33. The summed E-state index contributed by atoms with van der Waals surface area (Å²) in [5.74, 6) is -0.0642. The normalized spacial score (nSPS) is 14.9. The molecular formula is C26H30N4O2. The Balaban J connectivity index is 1.40. The molecule has 1 aliphatic heterocycles. The van der Waals surface area contributed by atoms with Crippen molar-refractivity contribution in [3.05, 3.63) is 83.2 Å². The highest BCUT2D eigenvalue weighted by Crippen LogP contribution is 2.25. The molecule has 0 spiro atoms. The fourth-order valence-corrected chi connectivity index (χ4v) is 4.33. The number of nitrogens with one attached hydrogen (secondary N) is 1. The predicted molar refractivity (Wildman–Crippen MR) is 124 cm³/mol. The van der Waals surface area contributed by atoms with Crippen LogP contribution in [-0.4, -0.2) is 39.6 Å². The number of carbonyl (C=O) groups excluding carboxylic acids is 2. The van der Waals surface area contributed by atoms with Gasteiger partial charge in [-0.2, -0.15) is 5.10 Å². The molecule has 1 fully saturated rings. The van der Waals surface area contributed by atoms with Crippen molar-refractivity contribution in [2.45, 2.75) is 45.6 Å². The van der Waals surface area contributed by atoms with E-state index in [1.54, 1.807) is 4.90 Å². The molecule has 6 heteroatoms. The van der Waals surface area contributed by atoms with E-state index in [-0.39, 0.29) is 11.8 Å². The number of hydrogen-bond acceptors (Lipinski definition) is 3. The first-order chi connectivity index (χ1) is 15.5. The van der Waals surface area contributed by atoms with Crippen molar-refractivity contribution >= 4 is 11.8 Å². The van der Waals surface area contributed by atoms with E-state index < -0.39 is 6.04 Å². The van der Waals surface area contributed by atoms with Crippen LogP contribution in [0.25, 0.3) is 5.69 Å². The number of hydrogen-bond donors (Lipinski definition) is 1. The van der Waals surface area contributed by atoms with Crippen LogP contribution in [0.3, 0.4) is 0 Å². The van der Waals surface area contributed by atoms with Crippen molar-refractivity contribution in [3.8, 4) is 5.69 Å². The van der Waals surface area contributed by atoms with Gasteiger partial charge in [-0.3, -0.25) is 9.59 Å². The summed E-state index contributed by atoms with van der Waals surface area (Å²) in [6.45, 7) is 5.17. The first-order valence-corrected chi connectivity index (χ1v) is 11.3. The summed E-state index contributed by atoms with van der Waals surface area (Å²) in [7, 11) is 0. The molecule has 32 heavy (non-hydrogen) atoms. The third-order valence-electron chi connectivity index (χ3n) is 5.94. The molecule has 0 bridgehead atoms. The van der Waals surface area contributed by atoms with Crippen molar-refractivity contribution in [2.75, 3.05) is 13.1 Å². The number of carbonyl (C=O) groups is 2.